The average molecular weight is 355 g/mol. The lowest BCUT2D eigenvalue weighted by atomic mass is 9.92. The highest BCUT2D eigenvalue weighted by atomic mass is 16.5. The number of aryl methyl sites for hydroxylation is 1. The number of ether oxygens (including phenoxy) is 1. The van der Waals surface area contributed by atoms with Crippen LogP contribution in [0.25, 0.3) is 11.0 Å². The summed E-state index contributed by atoms with van der Waals surface area (Å²) in [5.41, 5.74) is 3.50. The molecule has 2 saturated heterocycles. The van der Waals surface area contributed by atoms with E-state index in [4.69, 9.17) is 9.72 Å². The van der Waals surface area contributed by atoms with Crippen molar-refractivity contribution in [1.29, 1.82) is 0 Å². The van der Waals surface area contributed by atoms with Gasteiger partial charge in [0.1, 0.15) is 5.52 Å². The Bertz CT molecular complexity index is 770. The molecular weight excluding hydrogens is 326 g/mol. The normalized spacial score (nSPS) is 23.0. The maximum absolute atomic E-state index is 5.53. The molecule has 4 heterocycles. The summed E-state index contributed by atoms with van der Waals surface area (Å²) in [4.78, 5) is 14.8. The predicted molar refractivity (Wildman–Crippen MR) is 103 cm³/mol. The summed E-state index contributed by atoms with van der Waals surface area (Å²) in [6.45, 7) is 7.13. The molecule has 0 atom stereocenters. The first-order chi connectivity index (χ1) is 12.8. The number of hydrogen-bond donors (Lipinski definition) is 0. The Balaban J connectivity index is 1.41. The minimum Gasteiger partial charge on any atom is -0.378 e. The Morgan fingerprint density at radius 1 is 1.08 bits per heavy atom. The van der Waals surface area contributed by atoms with E-state index in [2.05, 4.69) is 32.5 Å². The summed E-state index contributed by atoms with van der Waals surface area (Å²) in [5, 5.41) is 0. The molecule has 140 valence electrons. The van der Waals surface area contributed by atoms with Crippen molar-refractivity contribution in [2.75, 3.05) is 50.8 Å². The molecule has 6 heteroatoms. The van der Waals surface area contributed by atoms with Crippen molar-refractivity contribution >= 4 is 16.9 Å². The van der Waals surface area contributed by atoms with Crippen LogP contribution in [-0.4, -0.2) is 65.4 Å². The average Bonchev–Trinajstić information content (AvgIpc) is 3.43. The number of nitrogens with zero attached hydrogens (tertiary/aromatic N) is 5. The van der Waals surface area contributed by atoms with Gasteiger partial charge in [0.2, 0.25) is 0 Å². The van der Waals surface area contributed by atoms with Gasteiger partial charge in [-0.3, -0.25) is 0 Å². The molecule has 0 amide bonds. The van der Waals surface area contributed by atoms with E-state index in [1.54, 1.807) is 0 Å². The zero-order valence-electron chi connectivity index (χ0n) is 15.7. The first kappa shape index (κ1) is 16.5. The number of piperidine rings is 1. The van der Waals surface area contributed by atoms with Crippen LogP contribution >= 0.6 is 0 Å². The van der Waals surface area contributed by atoms with Crippen LogP contribution in [0.3, 0.4) is 0 Å². The third-order valence-electron chi connectivity index (χ3n) is 6.24. The van der Waals surface area contributed by atoms with Crippen molar-refractivity contribution in [3.8, 4) is 0 Å². The van der Waals surface area contributed by atoms with Gasteiger partial charge in [0.25, 0.3) is 0 Å². The third-order valence-corrected chi connectivity index (χ3v) is 6.24. The molecule has 0 unspecified atom stereocenters. The molecule has 3 fully saturated rings. The number of hydrogen-bond acceptors (Lipinski definition) is 5. The second-order valence-corrected chi connectivity index (χ2v) is 8.21. The standard InChI is InChI=1S/C20H29N5O/c1-23-14-21-19-18(23)12-17(22-20(19)25-8-10-26-11-9-25)16-4-6-24(7-5-16)13-15-2-3-15/h12,14-16H,2-11,13H2,1H3. The maximum atomic E-state index is 5.53. The maximum Gasteiger partial charge on any atom is 0.157 e. The molecule has 6 nitrogen and oxygen atoms in total. The highest BCUT2D eigenvalue weighted by Gasteiger charge is 2.29. The Labute approximate surface area is 155 Å². The number of imidazole rings is 1. The fourth-order valence-corrected chi connectivity index (χ4v) is 4.41. The molecule has 2 aliphatic heterocycles. The van der Waals surface area contributed by atoms with Crippen LogP contribution in [-0.2, 0) is 11.8 Å². The molecule has 0 N–H and O–H groups in total. The van der Waals surface area contributed by atoms with Crippen LogP contribution in [0.2, 0.25) is 0 Å². The van der Waals surface area contributed by atoms with Crippen molar-refractivity contribution in [1.82, 2.24) is 19.4 Å². The molecule has 0 bridgehead atoms. The number of fused-ring (bicyclic) bond motifs is 1. The number of rotatable bonds is 4. The van der Waals surface area contributed by atoms with Gasteiger partial charge in [0, 0.05) is 38.3 Å². The second kappa shape index (κ2) is 6.82. The van der Waals surface area contributed by atoms with Crippen molar-refractivity contribution in [2.45, 2.75) is 31.6 Å². The fourth-order valence-electron chi connectivity index (χ4n) is 4.41. The zero-order valence-corrected chi connectivity index (χ0v) is 15.7. The Hall–Kier alpha value is -1.66. The van der Waals surface area contributed by atoms with Crippen LogP contribution in [0.1, 0.15) is 37.3 Å². The molecule has 0 radical (unpaired) electrons. The van der Waals surface area contributed by atoms with Crippen LogP contribution < -0.4 is 4.90 Å². The second-order valence-electron chi connectivity index (χ2n) is 8.21. The molecule has 2 aromatic heterocycles. The van der Waals surface area contributed by atoms with Crippen molar-refractivity contribution in [2.24, 2.45) is 13.0 Å². The smallest absolute Gasteiger partial charge is 0.157 e. The molecular formula is C20H29N5O. The Morgan fingerprint density at radius 3 is 2.58 bits per heavy atom. The number of likely N-dealkylation sites (tertiary alicyclic amines) is 1. The SMILES string of the molecule is Cn1cnc2c(N3CCOCC3)nc(C3CCN(CC4CC4)CC3)cc21. The highest BCUT2D eigenvalue weighted by molar-refractivity contribution is 5.87. The topological polar surface area (TPSA) is 46.4 Å². The van der Waals surface area contributed by atoms with Crippen LogP contribution in [0.4, 0.5) is 5.82 Å². The van der Waals surface area contributed by atoms with Crippen LogP contribution in [0.15, 0.2) is 12.4 Å². The largest absolute Gasteiger partial charge is 0.378 e. The fraction of sp³-hybridized carbons (Fsp3) is 0.700. The van der Waals surface area contributed by atoms with Gasteiger partial charge in [-0.05, 0) is 50.8 Å². The molecule has 1 saturated carbocycles. The van der Waals surface area contributed by atoms with Crippen LogP contribution in [0, 0.1) is 5.92 Å². The van der Waals surface area contributed by atoms with E-state index in [0.717, 1.165) is 43.6 Å². The molecule has 5 rings (SSSR count). The third kappa shape index (κ3) is 3.21. The zero-order chi connectivity index (χ0) is 17.5. The van der Waals surface area contributed by atoms with E-state index >= 15 is 0 Å². The lowest BCUT2D eigenvalue weighted by Crippen LogP contribution is -2.37. The van der Waals surface area contributed by atoms with E-state index in [1.807, 2.05) is 6.33 Å². The summed E-state index contributed by atoms with van der Waals surface area (Å²) >= 11 is 0. The van der Waals surface area contributed by atoms with Gasteiger partial charge in [-0.25, -0.2) is 9.97 Å². The highest BCUT2D eigenvalue weighted by Crippen LogP contribution is 2.35. The number of pyridine rings is 1. The summed E-state index contributed by atoms with van der Waals surface area (Å²) in [6.07, 6.45) is 7.26. The molecule has 2 aromatic rings. The van der Waals surface area contributed by atoms with E-state index in [0.29, 0.717) is 5.92 Å². The summed E-state index contributed by atoms with van der Waals surface area (Å²) in [5.74, 6) is 2.62. The minimum absolute atomic E-state index is 0.574. The molecule has 26 heavy (non-hydrogen) atoms. The van der Waals surface area contributed by atoms with E-state index in [9.17, 15) is 0 Å². The van der Waals surface area contributed by atoms with Gasteiger partial charge in [-0.1, -0.05) is 0 Å². The van der Waals surface area contributed by atoms with Crippen LogP contribution in [0.5, 0.6) is 0 Å². The molecule has 3 aliphatic rings. The van der Waals surface area contributed by atoms with Gasteiger partial charge >= 0.3 is 0 Å². The minimum atomic E-state index is 0.574. The van der Waals surface area contributed by atoms with Gasteiger partial charge in [-0.15, -0.1) is 0 Å². The quantitative estimate of drug-likeness (QED) is 0.843. The summed E-state index contributed by atoms with van der Waals surface area (Å²) in [6, 6.07) is 2.29. The number of anilines is 1. The summed E-state index contributed by atoms with van der Waals surface area (Å²) in [7, 11) is 2.08. The predicted octanol–water partition coefficient (Wildman–Crippen LogP) is 2.39. The van der Waals surface area contributed by atoms with Gasteiger partial charge in [0.15, 0.2) is 5.82 Å². The molecule has 1 aliphatic carbocycles. The van der Waals surface area contributed by atoms with Crippen molar-refractivity contribution in [3.05, 3.63) is 18.1 Å². The Morgan fingerprint density at radius 2 is 1.85 bits per heavy atom. The van der Waals surface area contributed by atoms with Gasteiger partial charge < -0.3 is 19.1 Å². The van der Waals surface area contributed by atoms with Crippen molar-refractivity contribution in [3.63, 3.8) is 0 Å². The van der Waals surface area contributed by atoms with E-state index in [-0.39, 0.29) is 0 Å². The lowest BCUT2D eigenvalue weighted by Gasteiger charge is -2.33. The van der Waals surface area contributed by atoms with E-state index < -0.39 is 0 Å². The number of aromatic nitrogens is 3. The van der Waals surface area contributed by atoms with E-state index in [1.165, 1.54) is 56.5 Å². The first-order valence-electron chi connectivity index (χ1n) is 10.1. The number of morpholine rings is 1. The lowest BCUT2D eigenvalue weighted by molar-refractivity contribution is 0.122. The Kier molecular flexibility index (Phi) is 4.33. The van der Waals surface area contributed by atoms with Crippen molar-refractivity contribution < 1.29 is 4.74 Å². The first-order valence-corrected chi connectivity index (χ1v) is 10.1. The molecule has 0 aromatic carbocycles. The van der Waals surface area contributed by atoms with Gasteiger partial charge in [0.05, 0.1) is 25.1 Å². The summed E-state index contributed by atoms with van der Waals surface area (Å²) < 4.78 is 7.66. The molecule has 0 spiro atoms. The van der Waals surface area contributed by atoms with Gasteiger partial charge in [-0.2, -0.15) is 0 Å². The monoisotopic (exact) mass is 355 g/mol.